The number of rotatable bonds is 5. The summed E-state index contributed by atoms with van der Waals surface area (Å²) in [6.07, 6.45) is 1.74. The largest absolute Gasteiger partial charge is 0.495 e. The summed E-state index contributed by atoms with van der Waals surface area (Å²) in [4.78, 5) is 14.1. The number of aryl methyl sites for hydroxylation is 2. The van der Waals surface area contributed by atoms with Crippen LogP contribution in [0.5, 0.6) is 5.75 Å². The minimum Gasteiger partial charge on any atom is -0.495 e. The van der Waals surface area contributed by atoms with Crippen molar-refractivity contribution in [1.82, 2.24) is 0 Å². The van der Waals surface area contributed by atoms with Crippen molar-refractivity contribution in [1.29, 1.82) is 0 Å². The van der Waals surface area contributed by atoms with E-state index in [9.17, 15) is 13.2 Å². The normalized spacial score (nSPS) is 14.6. The van der Waals surface area contributed by atoms with Crippen molar-refractivity contribution in [2.75, 3.05) is 18.2 Å². The number of anilines is 2. The second kappa shape index (κ2) is 8.96. The summed E-state index contributed by atoms with van der Waals surface area (Å²) in [6.45, 7) is 3.82. The van der Waals surface area contributed by atoms with Gasteiger partial charge in [-0.25, -0.2) is 8.42 Å². The van der Waals surface area contributed by atoms with E-state index >= 15 is 0 Å². The lowest BCUT2D eigenvalue weighted by atomic mass is 10.1. The number of ether oxygens (including phenoxy) is 1. The molecule has 3 N–H and O–H groups in total. The topological polar surface area (TPSA) is 98.5 Å². The van der Waals surface area contributed by atoms with Gasteiger partial charge in [0.15, 0.2) is 9.84 Å². The number of nitrogens with one attached hydrogen (secondary N) is 1. The molecule has 170 valence electrons. The average molecular weight is 481 g/mol. The van der Waals surface area contributed by atoms with Crippen LogP contribution in [-0.4, -0.2) is 21.4 Å². The maximum atomic E-state index is 13.1. The van der Waals surface area contributed by atoms with Crippen LogP contribution in [0.3, 0.4) is 0 Å². The molecule has 0 saturated carbocycles. The van der Waals surface area contributed by atoms with Gasteiger partial charge in [0.1, 0.15) is 5.75 Å². The number of benzene rings is 3. The summed E-state index contributed by atoms with van der Waals surface area (Å²) in [6, 6.07) is 15.9. The van der Waals surface area contributed by atoms with Gasteiger partial charge in [-0.3, -0.25) is 4.79 Å². The molecule has 1 amide bonds. The zero-order chi connectivity index (χ0) is 23.8. The van der Waals surface area contributed by atoms with Gasteiger partial charge in [-0.05, 0) is 72.5 Å². The lowest BCUT2D eigenvalue weighted by Gasteiger charge is -2.20. The third kappa shape index (κ3) is 4.77. The lowest BCUT2D eigenvalue weighted by molar-refractivity contribution is -0.112. The van der Waals surface area contributed by atoms with Gasteiger partial charge < -0.3 is 15.8 Å². The van der Waals surface area contributed by atoms with Gasteiger partial charge in [0, 0.05) is 4.90 Å². The van der Waals surface area contributed by atoms with Crippen LogP contribution in [0.2, 0.25) is 0 Å². The molecule has 0 spiro atoms. The Morgan fingerprint density at radius 3 is 2.45 bits per heavy atom. The van der Waals surface area contributed by atoms with Crippen LogP contribution in [-0.2, 0) is 20.4 Å². The van der Waals surface area contributed by atoms with E-state index in [1.807, 2.05) is 38.1 Å². The maximum absolute atomic E-state index is 13.1. The highest BCUT2D eigenvalue weighted by molar-refractivity contribution is 8.04. The van der Waals surface area contributed by atoms with E-state index in [2.05, 4.69) is 5.32 Å². The Balaban J connectivity index is 1.61. The quantitative estimate of drug-likeness (QED) is 0.396. The number of thioether (sulfide) groups is 1. The number of carbonyl (C=O) groups excluding carboxylic acids is 1. The van der Waals surface area contributed by atoms with Crippen LogP contribution in [0.25, 0.3) is 6.08 Å². The number of carbonyl (C=O) groups is 1. The number of nitrogen functional groups attached to an aromatic ring is 1. The zero-order valence-corrected chi connectivity index (χ0v) is 20.1. The summed E-state index contributed by atoms with van der Waals surface area (Å²) in [5, 5.41) is 2.82. The first-order chi connectivity index (χ1) is 15.7. The molecule has 6 nitrogen and oxygen atoms in total. The molecule has 0 bridgehead atoms. The minimum absolute atomic E-state index is 0.0879. The smallest absolute Gasteiger partial charge is 0.262 e. The number of sulfone groups is 1. The average Bonchev–Trinajstić information content (AvgIpc) is 2.77. The van der Waals surface area contributed by atoms with Gasteiger partial charge in [-0.15, -0.1) is 0 Å². The van der Waals surface area contributed by atoms with Crippen molar-refractivity contribution < 1.29 is 17.9 Å². The highest BCUT2D eigenvalue weighted by atomic mass is 32.2. The van der Waals surface area contributed by atoms with Crippen molar-refractivity contribution in [3.63, 3.8) is 0 Å². The van der Waals surface area contributed by atoms with Crippen molar-refractivity contribution in [2.45, 2.75) is 29.4 Å². The van der Waals surface area contributed by atoms with E-state index in [1.165, 1.54) is 17.8 Å². The molecule has 33 heavy (non-hydrogen) atoms. The Bertz CT molecular complexity index is 1380. The highest BCUT2D eigenvalue weighted by Crippen LogP contribution is 2.40. The fourth-order valence-electron chi connectivity index (χ4n) is 3.68. The molecule has 1 aliphatic heterocycles. The predicted molar refractivity (Wildman–Crippen MR) is 133 cm³/mol. The third-order valence-corrected chi connectivity index (χ3v) is 8.27. The number of fused-ring (bicyclic) bond motifs is 1. The van der Waals surface area contributed by atoms with Crippen LogP contribution in [0.4, 0.5) is 11.4 Å². The summed E-state index contributed by atoms with van der Waals surface area (Å²) < 4.78 is 31.4. The van der Waals surface area contributed by atoms with E-state index < -0.39 is 9.84 Å². The van der Waals surface area contributed by atoms with E-state index in [0.29, 0.717) is 22.0 Å². The standard InChI is InChI=1S/C25H24N2O4S2/c1-15-5-4-6-16(2)19(15)14-33(29,30)18-8-10-23-21(13-18)27-25(28)24(32-23)12-17-7-9-22(31-3)20(26)11-17/h4-13H,14,26H2,1-3H3,(H,27,28)/b24-12-. The van der Waals surface area contributed by atoms with Gasteiger partial charge in [-0.1, -0.05) is 36.0 Å². The molecule has 0 saturated heterocycles. The molecule has 1 heterocycles. The number of amides is 1. The Labute approximate surface area is 197 Å². The Hall–Kier alpha value is -3.23. The Morgan fingerprint density at radius 1 is 1.06 bits per heavy atom. The second-order valence-electron chi connectivity index (χ2n) is 7.85. The molecule has 8 heteroatoms. The molecule has 3 aromatic carbocycles. The maximum Gasteiger partial charge on any atom is 0.262 e. The number of hydrogen-bond donors (Lipinski definition) is 2. The van der Waals surface area contributed by atoms with Crippen LogP contribution < -0.4 is 15.8 Å². The van der Waals surface area contributed by atoms with Gasteiger partial charge in [0.05, 0.1) is 34.0 Å². The molecule has 4 rings (SSSR count). The summed E-state index contributed by atoms with van der Waals surface area (Å²) in [7, 11) is -2.04. The Kier molecular flexibility index (Phi) is 6.23. The molecule has 0 aromatic heterocycles. The van der Waals surface area contributed by atoms with Crippen molar-refractivity contribution in [2.24, 2.45) is 0 Å². The number of hydrogen-bond acceptors (Lipinski definition) is 6. The number of methoxy groups -OCH3 is 1. The molecular weight excluding hydrogens is 456 g/mol. The molecule has 0 radical (unpaired) electrons. The van der Waals surface area contributed by atoms with Gasteiger partial charge in [0.25, 0.3) is 5.91 Å². The summed E-state index contributed by atoms with van der Waals surface area (Å²) >= 11 is 1.29. The number of nitrogens with two attached hydrogens (primary N) is 1. The third-order valence-electron chi connectivity index (χ3n) is 5.53. The first kappa shape index (κ1) is 22.9. The SMILES string of the molecule is COc1ccc(/C=C2\Sc3ccc(S(=O)(=O)Cc4c(C)cccc4C)cc3NC2=O)cc1N. The fraction of sp³-hybridized carbons (Fsp3) is 0.160. The lowest BCUT2D eigenvalue weighted by Crippen LogP contribution is -2.18. The molecule has 1 aliphatic rings. The first-order valence-electron chi connectivity index (χ1n) is 10.2. The van der Waals surface area contributed by atoms with Crippen molar-refractivity contribution >= 4 is 45.0 Å². The Morgan fingerprint density at radius 2 is 1.79 bits per heavy atom. The van der Waals surface area contributed by atoms with E-state index in [-0.39, 0.29) is 16.6 Å². The van der Waals surface area contributed by atoms with E-state index in [4.69, 9.17) is 10.5 Å². The fourth-order valence-corrected chi connectivity index (χ4v) is 6.18. The second-order valence-corrected chi connectivity index (χ2v) is 10.9. The zero-order valence-electron chi connectivity index (χ0n) is 18.5. The minimum atomic E-state index is -3.58. The molecular formula is C25H24N2O4S2. The van der Waals surface area contributed by atoms with Gasteiger partial charge in [-0.2, -0.15) is 0 Å². The molecule has 3 aromatic rings. The monoisotopic (exact) mass is 480 g/mol. The first-order valence-corrected chi connectivity index (χ1v) is 12.7. The van der Waals surface area contributed by atoms with Crippen molar-refractivity contribution in [3.05, 3.63) is 81.8 Å². The van der Waals surface area contributed by atoms with Crippen LogP contribution in [0.1, 0.15) is 22.3 Å². The van der Waals surface area contributed by atoms with E-state index in [1.54, 1.807) is 37.5 Å². The molecule has 0 unspecified atom stereocenters. The molecule has 0 fully saturated rings. The van der Waals surface area contributed by atoms with E-state index in [0.717, 1.165) is 27.1 Å². The summed E-state index contributed by atoms with van der Waals surface area (Å²) in [5.41, 5.74) is 10.4. The molecule has 0 aliphatic carbocycles. The summed E-state index contributed by atoms with van der Waals surface area (Å²) in [5.74, 6) is 0.180. The van der Waals surface area contributed by atoms with Crippen LogP contribution in [0.15, 0.2) is 69.3 Å². The predicted octanol–water partition coefficient (Wildman–Crippen LogP) is 4.95. The highest BCUT2D eigenvalue weighted by Gasteiger charge is 2.25. The molecule has 0 atom stereocenters. The van der Waals surface area contributed by atoms with Gasteiger partial charge >= 0.3 is 0 Å². The van der Waals surface area contributed by atoms with Gasteiger partial charge in [0.2, 0.25) is 0 Å². The van der Waals surface area contributed by atoms with Crippen LogP contribution >= 0.6 is 11.8 Å². The van der Waals surface area contributed by atoms with Crippen LogP contribution in [0, 0.1) is 13.8 Å². The van der Waals surface area contributed by atoms with Crippen molar-refractivity contribution in [3.8, 4) is 5.75 Å².